The quantitative estimate of drug-likeness (QED) is 0.197. The summed E-state index contributed by atoms with van der Waals surface area (Å²) in [5.74, 6) is -4.61. The number of carbonyl (C=O) groups excluding carboxylic acids is 4. The molecule has 0 bridgehead atoms. The maximum absolute atomic E-state index is 13.7. The van der Waals surface area contributed by atoms with Crippen molar-refractivity contribution in [3.8, 4) is 11.5 Å². The topological polar surface area (TPSA) is 118 Å². The molecule has 2 aromatic carbocycles. The van der Waals surface area contributed by atoms with E-state index in [1.54, 1.807) is 26.8 Å². The minimum atomic E-state index is -1.21. The summed E-state index contributed by atoms with van der Waals surface area (Å²) < 4.78 is 19.1. The van der Waals surface area contributed by atoms with E-state index in [1.807, 2.05) is 0 Å². The molecule has 3 rings (SSSR count). The molecule has 1 aliphatic carbocycles. The van der Waals surface area contributed by atoms with E-state index < -0.39 is 46.7 Å². The smallest absolute Gasteiger partial charge is 0.331 e. The first-order valence-corrected chi connectivity index (χ1v) is 10.7. The molecule has 0 unspecified atom stereocenters. The Labute approximate surface area is 200 Å². The van der Waals surface area contributed by atoms with E-state index in [-0.39, 0.29) is 28.7 Å². The predicted octanol–water partition coefficient (Wildman–Crippen LogP) is 4.56. The van der Waals surface area contributed by atoms with Crippen LogP contribution in [0.4, 0.5) is 4.39 Å². The van der Waals surface area contributed by atoms with Gasteiger partial charge in [0, 0.05) is 23.6 Å². The van der Waals surface area contributed by atoms with Crippen molar-refractivity contribution in [3.63, 3.8) is 0 Å². The van der Waals surface area contributed by atoms with Gasteiger partial charge in [0.15, 0.2) is 17.3 Å². The van der Waals surface area contributed by atoms with Crippen molar-refractivity contribution < 1.29 is 38.5 Å². The number of rotatable bonds is 7. The highest BCUT2D eigenvalue weighted by Crippen LogP contribution is 2.36. The van der Waals surface area contributed by atoms with Crippen LogP contribution in [0.2, 0.25) is 0 Å². The van der Waals surface area contributed by atoms with Crippen LogP contribution in [0.5, 0.6) is 11.5 Å². The largest absolute Gasteiger partial charge is 0.507 e. The second-order valence-corrected chi connectivity index (χ2v) is 8.25. The molecular weight excluding hydrogens is 455 g/mol. The first-order chi connectivity index (χ1) is 16.5. The maximum Gasteiger partial charge on any atom is 0.331 e. The number of hydrogen-bond acceptors (Lipinski definition) is 7. The van der Waals surface area contributed by atoms with E-state index >= 15 is 0 Å². The van der Waals surface area contributed by atoms with E-state index in [9.17, 15) is 33.8 Å². The van der Waals surface area contributed by atoms with Gasteiger partial charge in [-0.15, -0.1) is 0 Å². The van der Waals surface area contributed by atoms with Crippen LogP contribution in [-0.2, 0) is 9.53 Å². The van der Waals surface area contributed by atoms with E-state index in [1.165, 1.54) is 12.1 Å². The summed E-state index contributed by atoms with van der Waals surface area (Å²) in [7, 11) is 0. The summed E-state index contributed by atoms with van der Waals surface area (Å²) >= 11 is 0. The fourth-order valence-electron chi connectivity index (χ4n) is 3.47. The van der Waals surface area contributed by atoms with Gasteiger partial charge >= 0.3 is 5.97 Å². The first-order valence-electron chi connectivity index (χ1n) is 10.7. The van der Waals surface area contributed by atoms with Crippen LogP contribution in [0.25, 0.3) is 0 Å². The van der Waals surface area contributed by atoms with Crippen molar-refractivity contribution in [2.24, 2.45) is 0 Å². The lowest BCUT2D eigenvalue weighted by Crippen LogP contribution is -2.28. The lowest BCUT2D eigenvalue weighted by atomic mass is 9.85. The van der Waals surface area contributed by atoms with Crippen LogP contribution >= 0.6 is 0 Å². The molecule has 0 saturated heterocycles. The lowest BCUT2D eigenvalue weighted by Gasteiger charge is -2.23. The Balaban J connectivity index is 1.87. The van der Waals surface area contributed by atoms with Gasteiger partial charge in [0.2, 0.25) is 0 Å². The molecule has 0 saturated carbocycles. The highest BCUT2D eigenvalue weighted by molar-refractivity contribution is 6.27. The maximum atomic E-state index is 13.7. The Morgan fingerprint density at radius 2 is 1.69 bits per heavy atom. The van der Waals surface area contributed by atoms with Crippen LogP contribution in [0.3, 0.4) is 0 Å². The fourth-order valence-corrected chi connectivity index (χ4v) is 3.47. The predicted molar refractivity (Wildman–Crippen MR) is 125 cm³/mol. The van der Waals surface area contributed by atoms with Crippen LogP contribution in [0.15, 0.2) is 65.8 Å². The average molecular weight is 478 g/mol. The van der Waals surface area contributed by atoms with Crippen LogP contribution < -0.4 is 0 Å². The van der Waals surface area contributed by atoms with Gasteiger partial charge < -0.3 is 14.9 Å². The Bertz CT molecular complexity index is 1330. The number of phenols is 2. The van der Waals surface area contributed by atoms with Crippen molar-refractivity contribution >= 4 is 23.3 Å². The molecule has 2 N–H and O–H groups in total. The Kier molecular flexibility index (Phi) is 7.44. The number of fused-ring (bicyclic) bond motifs is 1. The fraction of sp³-hybridized carbons (Fsp3) is 0.185. The Morgan fingerprint density at radius 3 is 2.31 bits per heavy atom. The molecule has 7 nitrogen and oxygen atoms in total. The zero-order valence-corrected chi connectivity index (χ0v) is 19.3. The monoisotopic (exact) mass is 478 g/mol. The number of phenolic OH excluding ortho intramolecular Hbond substituents is 2. The summed E-state index contributed by atoms with van der Waals surface area (Å²) in [6.45, 7) is 5.13. The van der Waals surface area contributed by atoms with Crippen LogP contribution in [-0.4, -0.2) is 39.6 Å². The number of hydrogen-bond donors (Lipinski definition) is 2. The van der Waals surface area contributed by atoms with Crippen LogP contribution in [0.1, 0.15) is 56.9 Å². The Hall–Kier alpha value is -4.33. The average Bonchev–Trinajstić information content (AvgIpc) is 2.80. The number of aromatic hydroxyl groups is 2. The number of aryl methyl sites for hydroxylation is 1. The van der Waals surface area contributed by atoms with Gasteiger partial charge in [-0.2, -0.15) is 0 Å². The van der Waals surface area contributed by atoms with Gasteiger partial charge in [-0.3, -0.25) is 14.4 Å². The standard InChI is InChI=1S/C27H23FO7/c1-14(2)4-10-23(17-13-22(32)25-20(30)7-8-21(31)26(25)27(17)34)35-24(33)11-9-19(29)16-6-5-15(3)18(28)12-16/h4-9,11-13,23,30-31H,10H2,1-3H3/b11-9-/t23-/m1/s1. The summed E-state index contributed by atoms with van der Waals surface area (Å²) in [6.07, 6.45) is 3.26. The molecule has 180 valence electrons. The molecule has 1 aliphatic rings. The number of benzene rings is 2. The number of esters is 1. The molecule has 35 heavy (non-hydrogen) atoms. The van der Waals surface area contributed by atoms with Crippen LogP contribution in [0, 0.1) is 12.7 Å². The zero-order valence-electron chi connectivity index (χ0n) is 19.3. The normalized spacial score (nSPS) is 13.8. The van der Waals surface area contributed by atoms with E-state index in [2.05, 4.69) is 0 Å². The molecule has 1 atom stereocenters. The number of ether oxygens (including phenoxy) is 1. The van der Waals surface area contributed by atoms with Crippen molar-refractivity contribution in [3.05, 3.63) is 93.9 Å². The van der Waals surface area contributed by atoms with Crippen molar-refractivity contribution in [2.75, 3.05) is 0 Å². The molecule has 0 spiro atoms. The highest BCUT2D eigenvalue weighted by atomic mass is 19.1. The number of halogens is 1. The molecule has 0 radical (unpaired) electrons. The summed E-state index contributed by atoms with van der Waals surface area (Å²) in [6, 6.07) is 6.10. The first kappa shape index (κ1) is 25.3. The summed E-state index contributed by atoms with van der Waals surface area (Å²) in [5, 5.41) is 20.1. The zero-order chi connectivity index (χ0) is 25.9. The number of allylic oxidation sites excluding steroid dienone is 3. The second-order valence-electron chi connectivity index (χ2n) is 8.25. The molecule has 2 aromatic rings. The minimum Gasteiger partial charge on any atom is -0.507 e. The molecule has 0 heterocycles. The number of Topliss-reactive ketones (excluding diaryl/α,β-unsaturated/α-hetero) is 1. The van der Waals surface area contributed by atoms with Gasteiger partial charge in [0.25, 0.3) is 0 Å². The second kappa shape index (κ2) is 10.3. The third kappa shape index (κ3) is 5.60. The molecular formula is C27H23FO7. The molecule has 0 amide bonds. The number of carbonyl (C=O) groups is 4. The van der Waals surface area contributed by atoms with Crippen molar-refractivity contribution in [2.45, 2.75) is 33.3 Å². The van der Waals surface area contributed by atoms with Crippen molar-refractivity contribution in [1.82, 2.24) is 0 Å². The van der Waals surface area contributed by atoms with Gasteiger partial charge in [0.1, 0.15) is 23.4 Å². The molecule has 0 fully saturated rings. The minimum absolute atomic E-state index is 0.0405. The summed E-state index contributed by atoms with van der Waals surface area (Å²) in [5.41, 5.74) is 0.373. The lowest BCUT2D eigenvalue weighted by molar-refractivity contribution is -0.141. The molecule has 0 aliphatic heterocycles. The SMILES string of the molecule is CC(C)=CC[C@@H](OC(=O)/C=C\C(=O)c1ccc(C)c(F)c1)C1=CC(=O)c2c(O)ccc(O)c2C1=O. The van der Waals surface area contributed by atoms with Gasteiger partial charge in [-0.1, -0.05) is 23.8 Å². The molecule has 0 aromatic heterocycles. The van der Waals surface area contributed by atoms with E-state index in [0.29, 0.717) is 5.56 Å². The highest BCUT2D eigenvalue weighted by Gasteiger charge is 2.35. The number of ketones is 3. The summed E-state index contributed by atoms with van der Waals surface area (Å²) in [4.78, 5) is 50.5. The molecule has 8 heteroatoms. The van der Waals surface area contributed by atoms with E-state index in [0.717, 1.165) is 42.0 Å². The van der Waals surface area contributed by atoms with Gasteiger partial charge in [0.05, 0.1) is 11.1 Å². The van der Waals surface area contributed by atoms with Crippen molar-refractivity contribution in [1.29, 1.82) is 0 Å². The van der Waals surface area contributed by atoms with Gasteiger partial charge in [-0.25, -0.2) is 9.18 Å². The van der Waals surface area contributed by atoms with Gasteiger partial charge in [-0.05, 0) is 56.7 Å². The third-order valence-electron chi connectivity index (χ3n) is 5.36. The third-order valence-corrected chi connectivity index (χ3v) is 5.36. The van der Waals surface area contributed by atoms with E-state index in [4.69, 9.17) is 4.74 Å². The Morgan fingerprint density at radius 1 is 1.03 bits per heavy atom.